The van der Waals surface area contributed by atoms with Crippen molar-refractivity contribution in [3.8, 4) is 0 Å². The molecular weight excluding hydrogens is 284 g/mol. The average Bonchev–Trinajstić information content (AvgIpc) is 2.63. The van der Waals surface area contributed by atoms with Crippen molar-refractivity contribution in [1.82, 2.24) is 15.2 Å². The summed E-state index contributed by atoms with van der Waals surface area (Å²) >= 11 is 6.93. The number of anilines is 1. The minimum absolute atomic E-state index is 0.0884. The fraction of sp³-hybridized carbons (Fsp3) is 0.125. The maximum absolute atomic E-state index is 11.9. The third-order valence-electron chi connectivity index (χ3n) is 1.77. The Morgan fingerprint density at radius 3 is 2.76 bits per heavy atom. The highest BCUT2D eigenvalue weighted by atomic mass is 35.5. The van der Waals surface area contributed by atoms with Gasteiger partial charge in [0.2, 0.25) is 5.13 Å². The Kier molecular flexibility index (Phi) is 3.27. The maximum atomic E-state index is 11.9. The zero-order chi connectivity index (χ0) is 12.5. The molecule has 6 nitrogen and oxygen atoms in total. The van der Waals surface area contributed by atoms with Gasteiger partial charge in [0.15, 0.2) is 0 Å². The highest BCUT2D eigenvalue weighted by Gasteiger charge is 2.19. The lowest BCUT2D eigenvalue weighted by Crippen LogP contribution is -2.13. The number of aryl methyl sites for hydroxylation is 1. The van der Waals surface area contributed by atoms with E-state index in [2.05, 4.69) is 19.9 Å². The third-order valence-corrected chi connectivity index (χ3v) is 4.46. The Bertz CT molecular complexity index is 640. The van der Waals surface area contributed by atoms with Crippen LogP contribution < -0.4 is 4.72 Å². The van der Waals surface area contributed by atoms with E-state index in [0.29, 0.717) is 5.01 Å². The van der Waals surface area contributed by atoms with Crippen LogP contribution in [0, 0.1) is 6.92 Å². The number of nitrogens with one attached hydrogen (secondary N) is 1. The predicted octanol–water partition coefficient (Wildman–Crippen LogP) is 1.70. The average molecular weight is 291 g/mol. The van der Waals surface area contributed by atoms with Gasteiger partial charge in [-0.2, -0.15) is 0 Å². The van der Waals surface area contributed by atoms with Crippen molar-refractivity contribution in [3.63, 3.8) is 0 Å². The second-order valence-electron chi connectivity index (χ2n) is 3.04. The van der Waals surface area contributed by atoms with Crippen LogP contribution in [-0.2, 0) is 10.0 Å². The number of aromatic nitrogens is 3. The Labute approximate surface area is 107 Å². The van der Waals surface area contributed by atoms with Crippen molar-refractivity contribution in [2.24, 2.45) is 0 Å². The monoisotopic (exact) mass is 290 g/mol. The van der Waals surface area contributed by atoms with Crippen molar-refractivity contribution in [1.29, 1.82) is 0 Å². The molecule has 0 radical (unpaired) electrons. The van der Waals surface area contributed by atoms with Gasteiger partial charge in [-0.05, 0) is 13.0 Å². The normalized spacial score (nSPS) is 11.4. The minimum Gasteiger partial charge on any atom is -0.263 e. The van der Waals surface area contributed by atoms with Gasteiger partial charge < -0.3 is 0 Å². The standard InChI is InChI=1S/C8H7ClN4O2S2/c1-5-11-12-8(16-5)13-17(14,15)7-4-10-3-2-6(7)9/h2-4H,1H3,(H,12,13). The van der Waals surface area contributed by atoms with E-state index in [1.54, 1.807) is 6.92 Å². The van der Waals surface area contributed by atoms with E-state index >= 15 is 0 Å². The summed E-state index contributed by atoms with van der Waals surface area (Å²) in [6.45, 7) is 1.73. The van der Waals surface area contributed by atoms with E-state index < -0.39 is 10.0 Å². The van der Waals surface area contributed by atoms with Crippen LogP contribution in [0.2, 0.25) is 5.02 Å². The van der Waals surface area contributed by atoms with Gasteiger partial charge >= 0.3 is 0 Å². The molecular formula is C8H7ClN4O2S2. The summed E-state index contributed by atoms with van der Waals surface area (Å²) in [6.07, 6.45) is 2.59. The van der Waals surface area contributed by atoms with Crippen LogP contribution in [0.25, 0.3) is 0 Å². The van der Waals surface area contributed by atoms with E-state index in [9.17, 15) is 8.42 Å². The van der Waals surface area contributed by atoms with Crippen molar-refractivity contribution >= 4 is 38.1 Å². The fourth-order valence-electron chi connectivity index (χ4n) is 1.07. The SMILES string of the molecule is Cc1nnc(NS(=O)(=O)c2cnccc2Cl)s1. The number of halogens is 1. The first kappa shape index (κ1) is 12.2. The molecule has 0 bridgehead atoms. The molecule has 2 rings (SSSR count). The van der Waals surface area contributed by atoms with Gasteiger partial charge in [0.05, 0.1) is 5.02 Å². The Hall–Kier alpha value is -1.25. The Morgan fingerprint density at radius 1 is 1.41 bits per heavy atom. The van der Waals surface area contributed by atoms with Gasteiger partial charge in [-0.1, -0.05) is 22.9 Å². The number of hydrogen-bond donors (Lipinski definition) is 1. The lowest BCUT2D eigenvalue weighted by Gasteiger charge is -2.05. The first-order valence-corrected chi connectivity index (χ1v) is 7.09. The molecule has 1 N–H and O–H groups in total. The molecule has 0 saturated carbocycles. The van der Waals surface area contributed by atoms with Crippen molar-refractivity contribution < 1.29 is 8.42 Å². The minimum atomic E-state index is -3.77. The highest BCUT2D eigenvalue weighted by Crippen LogP contribution is 2.23. The van der Waals surface area contributed by atoms with Crippen LogP contribution in [-0.4, -0.2) is 23.6 Å². The van der Waals surface area contributed by atoms with Gasteiger partial charge in [-0.3, -0.25) is 9.71 Å². The van der Waals surface area contributed by atoms with Gasteiger partial charge in [0, 0.05) is 12.4 Å². The molecule has 17 heavy (non-hydrogen) atoms. The van der Waals surface area contributed by atoms with Gasteiger partial charge in [-0.25, -0.2) is 8.42 Å². The number of sulfonamides is 1. The Morgan fingerprint density at radius 2 is 2.18 bits per heavy atom. The van der Waals surface area contributed by atoms with Crippen molar-refractivity contribution in [2.75, 3.05) is 4.72 Å². The van der Waals surface area contributed by atoms with Crippen LogP contribution in [0.4, 0.5) is 5.13 Å². The summed E-state index contributed by atoms with van der Waals surface area (Å²) in [6, 6.07) is 1.40. The molecule has 0 fully saturated rings. The second-order valence-corrected chi connectivity index (χ2v) is 6.28. The summed E-state index contributed by atoms with van der Waals surface area (Å²) in [5.41, 5.74) is 0. The summed E-state index contributed by atoms with van der Waals surface area (Å²) in [5, 5.41) is 8.35. The first-order chi connectivity index (χ1) is 7.99. The number of nitrogens with zero attached hydrogens (tertiary/aromatic N) is 3. The fourth-order valence-corrected chi connectivity index (χ4v) is 3.32. The number of pyridine rings is 1. The van der Waals surface area contributed by atoms with E-state index in [1.165, 1.54) is 18.5 Å². The number of hydrogen-bond acceptors (Lipinski definition) is 6. The van der Waals surface area contributed by atoms with E-state index in [-0.39, 0.29) is 15.0 Å². The smallest absolute Gasteiger partial charge is 0.263 e. The van der Waals surface area contributed by atoms with Crippen molar-refractivity contribution in [3.05, 3.63) is 28.5 Å². The van der Waals surface area contributed by atoms with Gasteiger partial charge in [-0.15, -0.1) is 10.2 Å². The predicted molar refractivity (Wildman–Crippen MR) is 64.7 cm³/mol. The molecule has 0 unspecified atom stereocenters. The van der Waals surface area contributed by atoms with E-state index in [0.717, 1.165) is 11.3 Å². The topological polar surface area (TPSA) is 84.8 Å². The summed E-state index contributed by atoms with van der Waals surface area (Å²) < 4.78 is 26.2. The highest BCUT2D eigenvalue weighted by molar-refractivity contribution is 7.93. The molecule has 0 aliphatic rings. The first-order valence-electron chi connectivity index (χ1n) is 4.41. The third kappa shape index (κ3) is 2.71. The molecule has 0 aromatic carbocycles. The summed E-state index contributed by atoms with van der Waals surface area (Å²) in [4.78, 5) is 3.63. The molecule has 2 heterocycles. The van der Waals surface area contributed by atoms with Gasteiger partial charge in [0.25, 0.3) is 10.0 Å². The molecule has 2 aromatic heterocycles. The molecule has 0 atom stereocenters. The van der Waals surface area contributed by atoms with Gasteiger partial charge in [0.1, 0.15) is 9.90 Å². The molecule has 0 amide bonds. The lowest BCUT2D eigenvalue weighted by atomic mass is 10.5. The quantitative estimate of drug-likeness (QED) is 0.930. The molecule has 2 aromatic rings. The molecule has 90 valence electrons. The molecule has 0 aliphatic carbocycles. The maximum Gasteiger partial charge on any atom is 0.266 e. The summed E-state index contributed by atoms with van der Waals surface area (Å²) in [5.74, 6) is 0. The van der Waals surface area contributed by atoms with Crippen molar-refractivity contribution in [2.45, 2.75) is 11.8 Å². The molecule has 0 spiro atoms. The molecule has 9 heteroatoms. The lowest BCUT2D eigenvalue weighted by molar-refractivity contribution is 0.600. The van der Waals surface area contributed by atoms with E-state index in [1.807, 2.05) is 0 Å². The van der Waals surface area contributed by atoms with Crippen LogP contribution in [0.5, 0.6) is 0 Å². The van der Waals surface area contributed by atoms with Crippen LogP contribution >= 0.6 is 22.9 Å². The zero-order valence-electron chi connectivity index (χ0n) is 8.58. The van der Waals surface area contributed by atoms with Crippen LogP contribution in [0.15, 0.2) is 23.4 Å². The van der Waals surface area contributed by atoms with Crippen LogP contribution in [0.1, 0.15) is 5.01 Å². The van der Waals surface area contributed by atoms with E-state index in [4.69, 9.17) is 11.6 Å². The van der Waals surface area contributed by atoms with Crippen LogP contribution in [0.3, 0.4) is 0 Å². The molecule has 0 saturated heterocycles. The summed E-state index contributed by atoms with van der Waals surface area (Å²) in [7, 11) is -3.77. The Balaban J connectivity index is 2.35. The number of rotatable bonds is 3. The second kappa shape index (κ2) is 4.55. The molecule has 0 aliphatic heterocycles. The zero-order valence-corrected chi connectivity index (χ0v) is 11.0. The largest absolute Gasteiger partial charge is 0.266 e.